The Morgan fingerprint density at radius 2 is 1.62 bits per heavy atom. The van der Waals surface area contributed by atoms with Gasteiger partial charge in [-0.25, -0.2) is 8.42 Å². The van der Waals surface area contributed by atoms with Crippen LogP contribution in [0.4, 0.5) is 0 Å². The maximum atomic E-state index is 11.8. The number of benzene rings is 1. The first kappa shape index (κ1) is 13.2. The van der Waals surface area contributed by atoms with Crippen molar-refractivity contribution in [3.05, 3.63) is 30.3 Å². The first-order valence-electron chi connectivity index (χ1n) is 5.09. The van der Waals surface area contributed by atoms with Crippen LogP contribution in [0, 0.1) is 5.92 Å². The Balaban J connectivity index is 2.67. The third-order valence-electron chi connectivity index (χ3n) is 2.41. The fourth-order valence-electron chi connectivity index (χ4n) is 1.31. The van der Waals surface area contributed by atoms with Gasteiger partial charge in [-0.2, -0.15) is 0 Å². The molecule has 0 bridgehead atoms. The lowest BCUT2D eigenvalue weighted by Gasteiger charge is -2.10. The van der Waals surface area contributed by atoms with E-state index in [0.29, 0.717) is 0 Å². The van der Waals surface area contributed by atoms with Crippen molar-refractivity contribution in [1.82, 2.24) is 0 Å². The van der Waals surface area contributed by atoms with Gasteiger partial charge in [0.1, 0.15) is 0 Å². The van der Waals surface area contributed by atoms with E-state index < -0.39 is 9.84 Å². The molecule has 0 aliphatic carbocycles. The summed E-state index contributed by atoms with van der Waals surface area (Å²) in [5.41, 5.74) is 0. The van der Waals surface area contributed by atoms with Crippen molar-refractivity contribution < 1.29 is 18.6 Å². The minimum atomic E-state index is -3.30. The van der Waals surface area contributed by atoms with Crippen LogP contribution in [0.15, 0.2) is 35.2 Å². The van der Waals surface area contributed by atoms with Gasteiger partial charge in [-0.3, -0.25) is 0 Å². The van der Waals surface area contributed by atoms with Gasteiger partial charge in [0.25, 0.3) is 0 Å². The van der Waals surface area contributed by atoms with Crippen molar-refractivity contribution in [3.63, 3.8) is 0 Å². The molecule has 1 aromatic carbocycles. The molecule has 0 heterocycles. The van der Waals surface area contributed by atoms with Gasteiger partial charge in [-0.05, 0) is 18.6 Å². The van der Waals surface area contributed by atoms with Gasteiger partial charge in [0.05, 0.1) is 10.6 Å². The number of hydrogen-bond donors (Lipinski definition) is 2. The molecule has 0 atom stereocenters. The molecular weight excluding hydrogens is 228 g/mol. The Labute approximate surface area is 95.5 Å². The van der Waals surface area contributed by atoms with Crippen LogP contribution in [0.1, 0.15) is 6.42 Å². The van der Waals surface area contributed by atoms with Crippen LogP contribution in [-0.2, 0) is 9.84 Å². The molecule has 90 valence electrons. The van der Waals surface area contributed by atoms with E-state index in [1.54, 1.807) is 30.3 Å². The highest BCUT2D eigenvalue weighted by atomic mass is 32.2. The summed E-state index contributed by atoms with van der Waals surface area (Å²) in [4.78, 5) is 0.282. The monoisotopic (exact) mass is 244 g/mol. The maximum absolute atomic E-state index is 11.8. The molecule has 0 unspecified atom stereocenters. The summed E-state index contributed by atoms with van der Waals surface area (Å²) >= 11 is 0. The molecule has 16 heavy (non-hydrogen) atoms. The topological polar surface area (TPSA) is 74.6 Å². The molecule has 2 N–H and O–H groups in total. The molecular formula is C11H16O4S. The number of aliphatic hydroxyl groups is 2. The minimum Gasteiger partial charge on any atom is -0.396 e. The van der Waals surface area contributed by atoms with E-state index in [4.69, 9.17) is 10.2 Å². The standard InChI is InChI=1S/C11H16O4S/c12-8-10(9-13)6-7-16(14,15)11-4-2-1-3-5-11/h1-5,10,12-13H,6-9H2. The highest BCUT2D eigenvalue weighted by Gasteiger charge is 2.16. The molecule has 0 spiro atoms. The molecule has 0 aliphatic rings. The van der Waals surface area contributed by atoms with E-state index in [-0.39, 0.29) is 36.2 Å². The van der Waals surface area contributed by atoms with E-state index in [0.717, 1.165) is 0 Å². The van der Waals surface area contributed by atoms with Gasteiger partial charge in [0.2, 0.25) is 0 Å². The normalized spacial score (nSPS) is 11.9. The van der Waals surface area contributed by atoms with Crippen molar-refractivity contribution >= 4 is 9.84 Å². The third kappa shape index (κ3) is 3.59. The third-order valence-corrected chi connectivity index (χ3v) is 4.18. The van der Waals surface area contributed by atoms with E-state index in [1.807, 2.05) is 0 Å². The molecule has 0 aliphatic heterocycles. The van der Waals surface area contributed by atoms with E-state index in [9.17, 15) is 8.42 Å². The van der Waals surface area contributed by atoms with Gasteiger partial charge in [-0.15, -0.1) is 0 Å². The van der Waals surface area contributed by atoms with E-state index in [2.05, 4.69) is 0 Å². The fraction of sp³-hybridized carbons (Fsp3) is 0.455. The molecule has 1 rings (SSSR count). The molecule has 0 aromatic heterocycles. The van der Waals surface area contributed by atoms with Gasteiger partial charge < -0.3 is 10.2 Å². The molecule has 0 fully saturated rings. The highest BCUT2D eigenvalue weighted by Crippen LogP contribution is 2.13. The van der Waals surface area contributed by atoms with Crippen molar-refractivity contribution in [3.8, 4) is 0 Å². The summed E-state index contributed by atoms with van der Waals surface area (Å²) in [6.45, 7) is -0.387. The number of aliphatic hydroxyl groups excluding tert-OH is 2. The first-order valence-corrected chi connectivity index (χ1v) is 6.75. The fourth-order valence-corrected chi connectivity index (χ4v) is 2.76. The predicted molar refractivity (Wildman–Crippen MR) is 60.8 cm³/mol. The first-order chi connectivity index (χ1) is 7.60. The van der Waals surface area contributed by atoms with Crippen molar-refractivity contribution in [2.45, 2.75) is 11.3 Å². The number of rotatable bonds is 6. The Bertz CT molecular complexity index is 395. The van der Waals surface area contributed by atoms with Gasteiger partial charge in [0, 0.05) is 19.1 Å². The summed E-state index contributed by atoms with van der Waals surface area (Å²) < 4.78 is 23.6. The van der Waals surface area contributed by atoms with Crippen molar-refractivity contribution in [2.75, 3.05) is 19.0 Å². The average Bonchev–Trinajstić information content (AvgIpc) is 2.31. The Morgan fingerprint density at radius 3 is 2.12 bits per heavy atom. The van der Waals surface area contributed by atoms with Crippen LogP contribution in [-0.4, -0.2) is 37.6 Å². The lowest BCUT2D eigenvalue weighted by Crippen LogP contribution is -2.17. The summed E-state index contributed by atoms with van der Waals surface area (Å²) in [7, 11) is -3.30. The van der Waals surface area contributed by atoms with Gasteiger partial charge in [-0.1, -0.05) is 18.2 Å². The zero-order chi connectivity index (χ0) is 12.0. The Morgan fingerprint density at radius 1 is 1.06 bits per heavy atom. The molecule has 0 amide bonds. The van der Waals surface area contributed by atoms with Crippen LogP contribution in [0.2, 0.25) is 0 Å². The van der Waals surface area contributed by atoms with Gasteiger partial charge >= 0.3 is 0 Å². The minimum absolute atomic E-state index is 0.0528. The SMILES string of the molecule is O=S(=O)(CCC(CO)CO)c1ccccc1. The molecule has 4 nitrogen and oxygen atoms in total. The summed E-state index contributed by atoms with van der Waals surface area (Å²) in [5.74, 6) is -0.415. The second-order valence-electron chi connectivity index (χ2n) is 3.65. The van der Waals surface area contributed by atoms with Crippen LogP contribution < -0.4 is 0 Å². The molecule has 0 saturated heterocycles. The zero-order valence-corrected chi connectivity index (χ0v) is 9.73. The summed E-state index contributed by atoms with van der Waals surface area (Å²) in [5, 5.41) is 17.7. The molecule has 1 aromatic rings. The van der Waals surface area contributed by atoms with Gasteiger partial charge in [0.15, 0.2) is 9.84 Å². The maximum Gasteiger partial charge on any atom is 0.178 e. The van der Waals surface area contributed by atoms with Crippen LogP contribution in [0.3, 0.4) is 0 Å². The van der Waals surface area contributed by atoms with E-state index >= 15 is 0 Å². The predicted octanol–water partition coefficient (Wildman–Crippen LogP) is 0.451. The van der Waals surface area contributed by atoms with Crippen LogP contribution in [0.5, 0.6) is 0 Å². The van der Waals surface area contributed by atoms with Crippen molar-refractivity contribution in [1.29, 1.82) is 0 Å². The lowest BCUT2D eigenvalue weighted by molar-refractivity contribution is 0.148. The number of hydrogen-bond acceptors (Lipinski definition) is 4. The second-order valence-corrected chi connectivity index (χ2v) is 5.76. The summed E-state index contributed by atoms with van der Waals surface area (Å²) in [6, 6.07) is 8.18. The zero-order valence-electron chi connectivity index (χ0n) is 8.91. The van der Waals surface area contributed by atoms with Crippen molar-refractivity contribution in [2.24, 2.45) is 5.92 Å². The molecule has 5 heteroatoms. The smallest absolute Gasteiger partial charge is 0.178 e. The number of sulfone groups is 1. The van der Waals surface area contributed by atoms with Crippen LogP contribution >= 0.6 is 0 Å². The quantitative estimate of drug-likeness (QED) is 0.762. The van der Waals surface area contributed by atoms with Crippen LogP contribution in [0.25, 0.3) is 0 Å². The Kier molecular flexibility index (Phi) is 4.92. The lowest BCUT2D eigenvalue weighted by atomic mass is 10.1. The highest BCUT2D eigenvalue weighted by molar-refractivity contribution is 7.91. The second kappa shape index (κ2) is 5.98. The summed E-state index contributed by atoms with van der Waals surface area (Å²) in [6.07, 6.45) is 0.268. The van der Waals surface area contributed by atoms with E-state index in [1.165, 1.54) is 0 Å². The average molecular weight is 244 g/mol. The molecule has 0 radical (unpaired) electrons. The largest absolute Gasteiger partial charge is 0.396 e. The molecule has 0 saturated carbocycles. The Hall–Kier alpha value is -0.910.